The van der Waals surface area contributed by atoms with Crippen molar-refractivity contribution in [1.82, 2.24) is 10.0 Å². The van der Waals surface area contributed by atoms with Crippen molar-refractivity contribution >= 4 is 27.5 Å². The molecule has 2 aromatic rings. The molecule has 150 valence electrons. The summed E-state index contributed by atoms with van der Waals surface area (Å²) in [4.78, 5) is 16.6. The molecule has 8 nitrogen and oxygen atoms in total. The Labute approximate surface area is 167 Å². The molecule has 2 aromatic carbocycles. The first-order valence-electron chi connectivity index (χ1n) is 8.73. The summed E-state index contributed by atoms with van der Waals surface area (Å²) in [5.41, 5.74) is 0.668. The summed E-state index contributed by atoms with van der Waals surface area (Å²) < 4.78 is 40.1. The first kappa shape index (κ1) is 20.3. The molecule has 3 N–H and O–H groups in total. The number of nitrogens with one attached hydrogen (secondary N) is 3. The summed E-state index contributed by atoms with van der Waals surface area (Å²) in [6.07, 6.45) is 0. The van der Waals surface area contributed by atoms with Gasteiger partial charge in [0.15, 0.2) is 0 Å². The number of carbonyl (C=O) groups is 1. The maximum absolute atomic E-state index is 13.6. The lowest BCUT2D eigenvalue weighted by atomic mass is 10.2. The number of halogens is 1. The summed E-state index contributed by atoms with van der Waals surface area (Å²) in [5, 5.41) is 14.5. The van der Waals surface area contributed by atoms with E-state index in [1.54, 1.807) is 37.3 Å². The minimum Gasteiger partial charge on any atom is -0.382 e. The lowest BCUT2D eigenvalue weighted by Gasteiger charge is -2.12. The highest BCUT2D eigenvalue weighted by molar-refractivity contribution is 7.90. The summed E-state index contributed by atoms with van der Waals surface area (Å²) in [5.74, 6) is -0.896. The van der Waals surface area contributed by atoms with Gasteiger partial charge < -0.3 is 10.6 Å². The quantitative estimate of drug-likeness (QED) is 0.615. The predicted octanol–water partition coefficient (Wildman–Crippen LogP) is 1.35. The van der Waals surface area contributed by atoms with Gasteiger partial charge in [-0.1, -0.05) is 18.2 Å². The van der Waals surface area contributed by atoms with Gasteiger partial charge in [-0.05, 0) is 31.2 Å². The smallest absolute Gasteiger partial charge is 0.263 e. The van der Waals surface area contributed by atoms with Crippen molar-refractivity contribution in [3.05, 3.63) is 59.4 Å². The third-order valence-electron chi connectivity index (χ3n) is 4.23. The molecular weight excluding hydrogens is 397 g/mol. The number of sulfonamides is 1. The number of anilines is 1. The van der Waals surface area contributed by atoms with Crippen molar-refractivity contribution < 1.29 is 17.6 Å². The van der Waals surface area contributed by atoms with E-state index >= 15 is 0 Å². The molecule has 0 saturated carbocycles. The van der Waals surface area contributed by atoms with E-state index in [9.17, 15) is 17.6 Å². The molecule has 1 atom stereocenters. The molecule has 0 aliphatic carbocycles. The maximum atomic E-state index is 13.6. The van der Waals surface area contributed by atoms with E-state index in [4.69, 9.17) is 5.26 Å². The minimum absolute atomic E-state index is 0.0919. The number of carbonyl (C=O) groups excluding carboxylic acids is 1. The molecule has 0 bridgehead atoms. The van der Waals surface area contributed by atoms with Crippen molar-refractivity contribution in [2.45, 2.75) is 17.9 Å². The zero-order chi connectivity index (χ0) is 21.0. The number of amidine groups is 1. The minimum atomic E-state index is -3.67. The molecular formula is C19H18FN5O3S. The zero-order valence-corrected chi connectivity index (χ0v) is 16.3. The van der Waals surface area contributed by atoms with Crippen LogP contribution < -0.4 is 15.4 Å². The molecule has 0 aromatic heterocycles. The van der Waals surface area contributed by atoms with Gasteiger partial charge in [-0.15, -0.1) is 0 Å². The summed E-state index contributed by atoms with van der Waals surface area (Å²) in [7, 11) is -3.67. The van der Waals surface area contributed by atoms with E-state index in [0.29, 0.717) is 11.3 Å². The van der Waals surface area contributed by atoms with Crippen molar-refractivity contribution in [3.63, 3.8) is 0 Å². The highest BCUT2D eigenvalue weighted by atomic mass is 32.2. The number of hydrogen-bond acceptors (Lipinski definition) is 6. The van der Waals surface area contributed by atoms with Crippen LogP contribution in [0.15, 0.2) is 52.4 Å². The highest BCUT2D eigenvalue weighted by Crippen LogP contribution is 2.22. The van der Waals surface area contributed by atoms with Gasteiger partial charge in [0, 0.05) is 18.7 Å². The van der Waals surface area contributed by atoms with Gasteiger partial charge in [0.25, 0.3) is 10.0 Å². The molecule has 0 fully saturated rings. The number of amides is 1. The zero-order valence-electron chi connectivity index (χ0n) is 15.4. The van der Waals surface area contributed by atoms with Gasteiger partial charge in [-0.3, -0.25) is 14.5 Å². The Morgan fingerprint density at radius 3 is 2.76 bits per heavy atom. The Bertz CT molecular complexity index is 1120. The molecule has 1 amide bonds. The van der Waals surface area contributed by atoms with Gasteiger partial charge in [-0.25, -0.2) is 12.8 Å². The number of nitriles is 1. The highest BCUT2D eigenvalue weighted by Gasteiger charge is 2.31. The largest absolute Gasteiger partial charge is 0.382 e. The molecule has 0 saturated heterocycles. The SMILES string of the molecule is C[C@H](N=C1NS(=O)(=O)c2ccccc21)C(=O)NCCNc1cccc(F)c1C#N. The Morgan fingerprint density at radius 1 is 1.24 bits per heavy atom. The fourth-order valence-corrected chi connectivity index (χ4v) is 4.04. The molecule has 0 spiro atoms. The van der Waals surface area contributed by atoms with Gasteiger partial charge in [0.1, 0.15) is 29.3 Å². The van der Waals surface area contributed by atoms with Gasteiger partial charge in [0.05, 0.1) is 10.6 Å². The summed E-state index contributed by atoms with van der Waals surface area (Å²) >= 11 is 0. The van der Waals surface area contributed by atoms with Crippen molar-refractivity contribution in [2.75, 3.05) is 18.4 Å². The molecule has 0 radical (unpaired) electrons. The van der Waals surface area contributed by atoms with E-state index in [1.807, 2.05) is 0 Å². The Morgan fingerprint density at radius 2 is 2.00 bits per heavy atom. The van der Waals surface area contributed by atoms with Crippen molar-refractivity contribution in [2.24, 2.45) is 4.99 Å². The average Bonchev–Trinajstić information content (AvgIpc) is 2.95. The molecule has 10 heteroatoms. The number of rotatable bonds is 6. The van der Waals surface area contributed by atoms with E-state index in [1.165, 1.54) is 18.2 Å². The van der Waals surface area contributed by atoms with Crippen LogP contribution in [-0.2, 0) is 14.8 Å². The predicted molar refractivity (Wildman–Crippen MR) is 105 cm³/mol. The molecule has 1 aliphatic heterocycles. The summed E-state index contributed by atoms with van der Waals surface area (Å²) in [6.45, 7) is 2.02. The topological polar surface area (TPSA) is 123 Å². The second kappa shape index (κ2) is 8.28. The van der Waals surface area contributed by atoms with Crippen LogP contribution in [0.25, 0.3) is 0 Å². The third kappa shape index (κ3) is 4.35. The van der Waals surface area contributed by atoms with Gasteiger partial charge in [-0.2, -0.15) is 5.26 Å². The van der Waals surface area contributed by atoms with Gasteiger partial charge >= 0.3 is 0 Å². The standard InChI is InChI=1S/C19H18FN5O3S/c1-12(24-18-13-5-2-3-8-17(13)29(27,28)25-18)19(26)23-10-9-22-16-7-4-6-15(20)14(16)11-21/h2-8,12,22H,9-10H2,1H3,(H,23,26)(H,24,25)/t12-/m0/s1. The molecule has 0 unspecified atom stereocenters. The number of benzene rings is 2. The molecule has 29 heavy (non-hydrogen) atoms. The van der Waals surface area contributed by atoms with Crippen LogP contribution in [0.4, 0.5) is 10.1 Å². The maximum Gasteiger partial charge on any atom is 0.263 e. The van der Waals surface area contributed by atoms with Crippen LogP contribution in [0.3, 0.4) is 0 Å². The number of fused-ring (bicyclic) bond motifs is 1. The Hall–Kier alpha value is -3.45. The van der Waals surface area contributed by atoms with E-state index < -0.39 is 27.8 Å². The Balaban J connectivity index is 1.58. The monoisotopic (exact) mass is 415 g/mol. The van der Waals surface area contributed by atoms with E-state index in [-0.39, 0.29) is 29.4 Å². The molecule has 3 rings (SSSR count). The van der Waals surface area contributed by atoms with Crippen LogP contribution in [0, 0.1) is 17.1 Å². The average molecular weight is 415 g/mol. The number of aliphatic imine (C=N–C) groups is 1. The third-order valence-corrected chi connectivity index (χ3v) is 5.63. The van der Waals surface area contributed by atoms with Crippen LogP contribution in [0.1, 0.15) is 18.1 Å². The van der Waals surface area contributed by atoms with Gasteiger partial charge in [0.2, 0.25) is 5.91 Å². The second-order valence-corrected chi connectivity index (χ2v) is 7.90. The fraction of sp³-hybridized carbons (Fsp3) is 0.211. The first-order chi connectivity index (χ1) is 13.8. The first-order valence-corrected chi connectivity index (χ1v) is 10.2. The molecule has 1 aliphatic rings. The van der Waals surface area contributed by atoms with Crippen LogP contribution in [0.2, 0.25) is 0 Å². The van der Waals surface area contributed by atoms with Crippen LogP contribution in [0.5, 0.6) is 0 Å². The van der Waals surface area contributed by atoms with Crippen LogP contribution in [-0.4, -0.2) is 39.3 Å². The lowest BCUT2D eigenvalue weighted by Crippen LogP contribution is -2.36. The number of nitrogens with zero attached hydrogens (tertiary/aromatic N) is 2. The number of hydrogen-bond donors (Lipinski definition) is 3. The second-order valence-electron chi connectivity index (χ2n) is 6.25. The Kier molecular flexibility index (Phi) is 5.79. The van der Waals surface area contributed by atoms with Crippen LogP contribution >= 0.6 is 0 Å². The van der Waals surface area contributed by atoms with E-state index in [0.717, 1.165) is 0 Å². The van der Waals surface area contributed by atoms with Crippen molar-refractivity contribution in [3.8, 4) is 6.07 Å². The fourth-order valence-electron chi connectivity index (χ4n) is 2.80. The van der Waals surface area contributed by atoms with Crippen molar-refractivity contribution in [1.29, 1.82) is 5.26 Å². The molecule has 1 heterocycles. The summed E-state index contributed by atoms with van der Waals surface area (Å²) in [6, 6.07) is 11.6. The lowest BCUT2D eigenvalue weighted by molar-refractivity contribution is -0.121. The normalized spacial score (nSPS) is 16.4. The van der Waals surface area contributed by atoms with E-state index in [2.05, 4.69) is 20.3 Å².